The molecule has 2 N–H and O–H groups in total. The van der Waals surface area contributed by atoms with Crippen LogP contribution in [0.25, 0.3) is 0 Å². The molecule has 0 atom stereocenters. The summed E-state index contributed by atoms with van der Waals surface area (Å²) in [6.07, 6.45) is 0.734. The van der Waals surface area contributed by atoms with Gasteiger partial charge in [-0.25, -0.2) is 13.2 Å². The average molecular weight is 409 g/mol. The van der Waals surface area contributed by atoms with Gasteiger partial charge in [-0.3, -0.25) is 9.40 Å². The highest BCUT2D eigenvalue weighted by atomic mass is 32.2. The number of aryl methyl sites for hydroxylation is 2. The number of hydrogen-bond acceptors (Lipinski definition) is 5. The van der Waals surface area contributed by atoms with Crippen molar-refractivity contribution in [3.63, 3.8) is 0 Å². The lowest BCUT2D eigenvalue weighted by Gasteiger charge is -2.22. The fourth-order valence-electron chi connectivity index (χ4n) is 3.16. The molecular formula is C19H28N4O4S. The van der Waals surface area contributed by atoms with Gasteiger partial charge in [-0.05, 0) is 57.9 Å². The number of aromatic nitrogens is 2. The van der Waals surface area contributed by atoms with Crippen LogP contribution >= 0.6 is 0 Å². The number of rotatable bonds is 9. The molecule has 2 rings (SSSR count). The van der Waals surface area contributed by atoms with Gasteiger partial charge >= 0.3 is 5.97 Å². The van der Waals surface area contributed by atoms with Crippen molar-refractivity contribution in [2.75, 3.05) is 29.0 Å². The molecule has 1 aromatic heterocycles. The minimum atomic E-state index is -3.47. The van der Waals surface area contributed by atoms with Gasteiger partial charge in [-0.15, -0.1) is 0 Å². The number of hydrogen-bond donors (Lipinski definition) is 2. The summed E-state index contributed by atoms with van der Waals surface area (Å²) in [4.78, 5) is 13.6. The first-order valence-corrected chi connectivity index (χ1v) is 10.9. The number of aromatic carboxylic acids is 1. The van der Waals surface area contributed by atoms with Gasteiger partial charge in [-0.2, -0.15) is 5.10 Å². The van der Waals surface area contributed by atoms with Crippen molar-refractivity contribution >= 4 is 27.4 Å². The third kappa shape index (κ3) is 4.83. The van der Waals surface area contributed by atoms with Crippen LogP contribution < -0.4 is 9.62 Å². The molecule has 0 spiro atoms. The fraction of sp³-hybridized carbons (Fsp3) is 0.474. The molecule has 0 saturated heterocycles. The highest BCUT2D eigenvalue weighted by Gasteiger charge is 2.18. The highest BCUT2D eigenvalue weighted by Crippen LogP contribution is 2.25. The maximum absolute atomic E-state index is 11.7. The summed E-state index contributed by atoms with van der Waals surface area (Å²) >= 11 is 0. The molecule has 0 aliphatic heterocycles. The first-order valence-electron chi connectivity index (χ1n) is 9.21. The lowest BCUT2D eigenvalue weighted by atomic mass is 10.1. The molecule has 8 nitrogen and oxygen atoms in total. The molecule has 0 bridgehead atoms. The molecule has 1 aromatic carbocycles. The Labute approximate surface area is 166 Å². The molecule has 2 aromatic rings. The largest absolute Gasteiger partial charge is 0.478 e. The number of sulfonamides is 1. The zero-order chi connectivity index (χ0) is 21.1. The average Bonchev–Trinajstić information content (AvgIpc) is 2.92. The van der Waals surface area contributed by atoms with Crippen LogP contribution in [0, 0.1) is 13.8 Å². The van der Waals surface area contributed by atoms with Crippen LogP contribution in [-0.2, 0) is 23.0 Å². The summed E-state index contributed by atoms with van der Waals surface area (Å²) in [6, 6.07) is 4.57. The Morgan fingerprint density at radius 1 is 1.29 bits per heavy atom. The quantitative estimate of drug-likeness (QED) is 0.661. The number of carbonyl (C=O) groups is 1. The molecule has 0 amide bonds. The topological polar surface area (TPSA) is 105 Å². The Kier molecular flexibility index (Phi) is 6.71. The maximum Gasteiger partial charge on any atom is 0.337 e. The van der Waals surface area contributed by atoms with Crippen molar-refractivity contribution < 1.29 is 18.3 Å². The van der Waals surface area contributed by atoms with Gasteiger partial charge in [0.2, 0.25) is 10.0 Å². The van der Waals surface area contributed by atoms with E-state index in [1.165, 1.54) is 13.0 Å². The zero-order valence-electron chi connectivity index (χ0n) is 17.0. The van der Waals surface area contributed by atoms with Crippen LogP contribution in [0.15, 0.2) is 18.2 Å². The molecule has 0 radical (unpaired) electrons. The van der Waals surface area contributed by atoms with E-state index >= 15 is 0 Å². The summed E-state index contributed by atoms with van der Waals surface area (Å²) < 4.78 is 27.8. The van der Waals surface area contributed by atoms with E-state index < -0.39 is 16.0 Å². The van der Waals surface area contributed by atoms with Crippen LogP contribution in [0.2, 0.25) is 0 Å². The third-order valence-corrected chi connectivity index (χ3v) is 6.13. The number of nitrogens with one attached hydrogen (secondary N) is 1. The molecule has 154 valence electrons. The molecule has 0 aliphatic rings. The number of anilines is 2. The van der Waals surface area contributed by atoms with Gasteiger partial charge in [0.1, 0.15) is 0 Å². The van der Waals surface area contributed by atoms with Gasteiger partial charge in [0.25, 0.3) is 0 Å². The lowest BCUT2D eigenvalue weighted by Crippen LogP contribution is -2.23. The van der Waals surface area contributed by atoms with Crippen LogP contribution in [0.4, 0.5) is 11.4 Å². The third-order valence-electron chi connectivity index (χ3n) is 4.82. The first-order chi connectivity index (χ1) is 13.1. The Balaban J connectivity index is 2.24. The summed E-state index contributed by atoms with van der Waals surface area (Å²) in [5, 5.41) is 14.1. The number of likely N-dealkylation sites (N-methyl/N-ethyl adjacent to an activating group) is 1. The van der Waals surface area contributed by atoms with Crippen molar-refractivity contribution in [1.29, 1.82) is 0 Å². The predicted octanol–water partition coefficient (Wildman–Crippen LogP) is 2.66. The van der Waals surface area contributed by atoms with Crippen LogP contribution in [0.3, 0.4) is 0 Å². The Hall–Kier alpha value is -2.55. The van der Waals surface area contributed by atoms with Crippen molar-refractivity contribution in [2.24, 2.45) is 0 Å². The van der Waals surface area contributed by atoms with E-state index in [1.807, 2.05) is 37.4 Å². The minimum Gasteiger partial charge on any atom is -0.478 e. The van der Waals surface area contributed by atoms with Gasteiger partial charge in [0, 0.05) is 31.5 Å². The van der Waals surface area contributed by atoms with Gasteiger partial charge < -0.3 is 10.0 Å². The summed E-state index contributed by atoms with van der Waals surface area (Å²) in [6.45, 7) is 9.00. The molecule has 0 aliphatic carbocycles. The molecular weight excluding hydrogens is 380 g/mol. The molecule has 28 heavy (non-hydrogen) atoms. The Bertz CT molecular complexity index is 967. The molecule has 0 saturated carbocycles. The molecule has 0 fully saturated rings. The van der Waals surface area contributed by atoms with Gasteiger partial charge in [0.15, 0.2) is 0 Å². The van der Waals surface area contributed by atoms with E-state index in [0.717, 1.165) is 29.9 Å². The van der Waals surface area contributed by atoms with Crippen LogP contribution in [0.1, 0.15) is 41.2 Å². The van der Waals surface area contributed by atoms with Crippen molar-refractivity contribution in [3.05, 3.63) is 40.7 Å². The maximum atomic E-state index is 11.7. The van der Waals surface area contributed by atoms with Crippen LogP contribution in [-0.4, -0.2) is 48.6 Å². The Morgan fingerprint density at radius 2 is 1.96 bits per heavy atom. The summed E-state index contributed by atoms with van der Waals surface area (Å²) in [5.74, 6) is -1.19. The SMILES string of the molecule is CCn1nc(C)c(CCN(C)c2ccc(NS(=O)(=O)CC)cc2C(=O)O)c1C. The van der Waals surface area contributed by atoms with E-state index in [9.17, 15) is 18.3 Å². The number of benzene rings is 1. The lowest BCUT2D eigenvalue weighted by molar-refractivity contribution is 0.0697. The Morgan fingerprint density at radius 3 is 2.50 bits per heavy atom. The summed E-state index contributed by atoms with van der Waals surface area (Å²) in [5.41, 5.74) is 4.10. The normalized spacial score (nSPS) is 11.5. The van der Waals surface area contributed by atoms with E-state index in [-0.39, 0.29) is 17.0 Å². The number of nitrogens with zero attached hydrogens (tertiary/aromatic N) is 3. The van der Waals surface area contributed by atoms with Crippen molar-refractivity contribution in [2.45, 2.75) is 40.7 Å². The minimum absolute atomic E-state index is 0.0523. The van der Waals surface area contributed by atoms with E-state index in [0.29, 0.717) is 12.2 Å². The molecule has 0 unspecified atom stereocenters. The van der Waals surface area contributed by atoms with Crippen LogP contribution in [0.5, 0.6) is 0 Å². The van der Waals surface area contributed by atoms with Crippen molar-refractivity contribution in [1.82, 2.24) is 9.78 Å². The highest BCUT2D eigenvalue weighted by molar-refractivity contribution is 7.92. The number of carboxylic acids is 1. The van der Waals surface area contributed by atoms with Gasteiger partial charge in [0.05, 0.1) is 22.7 Å². The van der Waals surface area contributed by atoms with Gasteiger partial charge in [-0.1, -0.05) is 0 Å². The second kappa shape index (κ2) is 8.64. The first kappa shape index (κ1) is 21.7. The smallest absolute Gasteiger partial charge is 0.337 e. The van der Waals surface area contributed by atoms with E-state index in [2.05, 4.69) is 9.82 Å². The number of carboxylic acid groups (broad SMARTS) is 1. The van der Waals surface area contributed by atoms with E-state index in [1.54, 1.807) is 12.1 Å². The fourth-order valence-corrected chi connectivity index (χ4v) is 3.79. The monoisotopic (exact) mass is 408 g/mol. The standard InChI is InChI=1S/C19H28N4O4S/c1-6-23-14(4)16(13(3)20-23)10-11-22(5)18-9-8-15(12-17(18)19(24)25)21-28(26,27)7-2/h8-9,12,21H,6-7,10-11H2,1-5H3,(H,24,25). The summed E-state index contributed by atoms with van der Waals surface area (Å²) in [7, 11) is -1.64. The van der Waals surface area contributed by atoms with E-state index in [4.69, 9.17) is 0 Å². The zero-order valence-corrected chi connectivity index (χ0v) is 17.8. The second-order valence-corrected chi connectivity index (χ2v) is 8.69. The molecule has 9 heteroatoms. The van der Waals surface area contributed by atoms with Crippen molar-refractivity contribution in [3.8, 4) is 0 Å². The predicted molar refractivity (Wildman–Crippen MR) is 111 cm³/mol. The second-order valence-electron chi connectivity index (χ2n) is 6.68. The molecule has 1 heterocycles.